The number of ether oxygens (including phenoxy) is 1. The Labute approximate surface area is 153 Å². The van der Waals surface area contributed by atoms with E-state index in [1.807, 2.05) is 24.3 Å². The van der Waals surface area contributed by atoms with E-state index in [1.54, 1.807) is 18.2 Å². The van der Waals surface area contributed by atoms with Gasteiger partial charge in [0.05, 0.1) is 12.1 Å². The first kappa shape index (κ1) is 16.6. The molecule has 5 heteroatoms. The van der Waals surface area contributed by atoms with Crippen molar-refractivity contribution in [1.82, 2.24) is 9.88 Å². The van der Waals surface area contributed by atoms with Crippen LogP contribution in [0.5, 0.6) is 5.75 Å². The number of likely N-dealkylation sites (tertiary alicyclic amines) is 1. The summed E-state index contributed by atoms with van der Waals surface area (Å²) in [7, 11) is 0. The van der Waals surface area contributed by atoms with Crippen molar-refractivity contribution in [3.05, 3.63) is 53.9 Å². The van der Waals surface area contributed by atoms with Crippen LogP contribution < -0.4 is 4.74 Å². The first-order chi connectivity index (χ1) is 12.8. The maximum atomic E-state index is 7.08. The molecule has 0 saturated carbocycles. The maximum Gasteiger partial charge on any atom is 0.227 e. The highest BCUT2D eigenvalue weighted by Gasteiger charge is 2.11. The molecule has 3 aromatic rings. The van der Waals surface area contributed by atoms with E-state index in [4.69, 9.17) is 15.7 Å². The van der Waals surface area contributed by atoms with E-state index in [2.05, 4.69) is 14.7 Å². The van der Waals surface area contributed by atoms with Crippen LogP contribution in [-0.2, 0) is 0 Å². The summed E-state index contributed by atoms with van der Waals surface area (Å²) in [6, 6.07) is 13.1. The number of benzene rings is 2. The molecular weight excluding hydrogens is 326 g/mol. The predicted molar refractivity (Wildman–Crippen MR) is 101 cm³/mol. The predicted octanol–water partition coefficient (Wildman–Crippen LogP) is 4.91. The van der Waals surface area contributed by atoms with Crippen molar-refractivity contribution in [2.24, 2.45) is 0 Å². The van der Waals surface area contributed by atoms with Gasteiger partial charge in [-0.05, 0) is 62.3 Å². The van der Waals surface area contributed by atoms with E-state index >= 15 is 0 Å². The highest BCUT2D eigenvalue weighted by Crippen LogP contribution is 2.28. The molecule has 1 saturated heterocycles. The molecule has 0 unspecified atom stereocenters. The van der Waals surface area contributed by atoms with Crippen LogP contribution in [0.25, 0.3) is 27.4 Å². The highest BCUT2D eigenvalue weighted by molar-refractivity contribution is 5.80. The molecule has 0 aliphatic carbocycles. The monoisotopic (exact) mass is 347 g/mol. The van der Waals surface area contributed by atoms with Crippen LogP contribution in [0.2, 0.25) is 0 Å². The minimum absolute atomic E-state index is 0.557. The number of fused-ring (bicyclic) bond motifs is 1. The lowest BCUT2D eigenvalue weighted by molar-refractivity contribution is 0.183. The molecule has 26 heavy (non-hydrogen) atoms. The molecule has 0 radical (unpaired) electrons. The van der Waals surface area contributed by atoms with E-state index in [9.17, 15) is 0 Å². The molecule has 0 bridgehead atoms. The molecule has 5 nitrogen and oxygen atoms in total. The van der Waals surface area contributed by atoms with Gasteiger partial charge in [0.1, 0.15) is 12.4 Å². The molecule has 132 valence electrons. The van der Waals surface area contributed by atoms with Gasteiger partial charge in [0, 0.05) is 12.1 Å². The summed E-state index contributed by atoms with van der Waals surface area (Å²) in [5.41, 5.74) is 2.85. The van der Waals surface area contributed by atoms with E-state index in [1.165, 1.54) is 32.4 Å². The van der Waals surface area contributed by atoms with Gasteiger partial charge in [-0.3, -0.25) is 4.90 Å². The molecule has 1 aromatic heterocycles. The second-order valence-corrected chi connectivity index (χ2v) is 6.56. The minimum Gasteiger partial charge on any atom is -0.492 e. The number of hydrogen-bond acceptors (Lipinski definition) is 4. The molecule has 2 aromatic carbocycles. The zero-order valence-electron chi connectivity index (χ0n) is 14.6. The topological polar surface area (TPSA) is 42.9 Å². The third kappa shape index (κ3) is 3.71. The second-order valence-electron chi connectivity index (χ2n) is 6.56. The Hall–Kier alpha value is -2.84. The van der Waals surface area contributed by atoms with E-state index in [0.29, 0.717) is 29.3 Å². The molecule has 0 N–H and O–H groups in total. The molecule has 4 rings (SSSR count). The smallest absolute Gasteiger partial charge is 0.227 e. The van der Waals surface area contributed by atoms with Crippen LogP contribution >= 0.6 is 0 Å². The molecule has 0 amide bonds. The van der Waals surface area contributed by atoms with Gasteiger partial charge in [-0.2, -0.15) is 0 Å². The fourth-order valence-electron chi connectivity index (χ4n) is 3.28. The third-order valence-corrected chi connectivity index (χ3v) is 4.73. The van der Waals surface area contributed by atoms with E-state index in [0.717, 1.165) is 17.9 Å². The molecule has 0 atom stereocenters. The van der Waals surface area contributed by atoms with Gasteiger partial charge in [-0.25, -0.2) is 9.83 Å². The summed E-state index contributed by atoms with van der Waals surface area (Å²) < 4.78 is 11.7. The molecule has 1 aliphatic rings. The summed E-state index contributed by atoms with van der Waals surface area (Å²) in [5.74, 6) is 1.42. The minimum atomic E-state index is 0.557. The van der Waals surface area contributed by atoms with Crippen LogP contribution in [0.3, 0.4) is 0 Å². The zero-order chi connectivity index (χ0) is 17.8. The molecular formula is C21H21N3O2. The van der Waals surface area contributed by atoms with Gasteiger partial charge in [-0.15, -0.1) is 0 Å². The van der Waals surface area contributed by atoms with Crippen LogP contribution in [0.1, 0.15) is 19.3 Å². The fraction of sp³-hybridized carbons (Fsp3) is 0.333. The van der Waals surface area contributed by atoms with E-state index < -0.39 is 0 Å². The number of oxazole rings is 1. The Morgan fingerprint density at radius 1 is 1.08 bits per heavy atom. The third-order valence-electron chi connectivity index (χ3n) is 4.73. The van der Waals surface area contributed by atoms with Crippen LogP contribution in [-0.4, -0.2) is 36.1 Å². The number of rotatable bonds is 5. The van der Waals surface area contributed by atoms with Gasteiger partial charge < -0.3 is 9.15 Å². The lowest BCUT2D eigenvalue weighted by Crippen LogP contribution is -2.33. The van der Waals surface area contributed by atoms with Crippen LogP contribution in [0, 0.1) is 6.57 Å². The lowest BCUT2D eigenvalue weighted by atomic mass is 10.1. The number of hydrogen-bond donors (Lipinski definition) is 0. The summed E-state index contributed by atoms with van der Waals surface area (Å²) >= 11 is 0. The van der Waals surface area contributed by atoms with Crippen molar-refractivity contribution in [2.75, 3.05) is 26.2 Å². The first-order valence-electron chi connectivity index (χ1n) is 9.05. The van der Waals surface area contributed by atoms with Crippen molar-refractivity contribution < 1.29 is 9.15 Å². The number of piperidine rings is 1. The van der Waals surface area contributed by atoms with Gasteiger partial charge >= 0.3 is 0 Å². The van der Waals surface area contributed by atoms with Crippen LogP contribution in [0.15, 0.2) is 46.9 Å². The Bertz CT molecular complexity index is 919. The molecule has 2 heterocycles. The van der Waals surface area contributed by atoms with Crippen molar-refractivity contribution in [3.8, 4) is 17.2 Å². The van der Waals surface area contributed by atoms with Gasteiger partial charge in [0.25, 0.3) is 0 Å². The normalized spacial score (nSPS) is 15.0. The number of aromatic nitrogens is 1. The Morgan fingerprint density at radius 2 is 1.88 bits per heavy atom. The average Bonchev–Trinajstić information content (AvgIpc) is 3.12. The largest absolute Gasteiger partial charge is 0.492 e. The summed E-state index contributed by atoms with van der Waals surface area (Å²) in [6.45, 7) is 11.2. The Kier molecular flexibility index (Phi) is 4.85. The van der Waals surface area contributed by atoms with Crippen molar-refractivity contribution in [2.45, 2.75) is 19.3 Å². The summed E-state index contributed by atoms with van der Waals surface area (Å²) in [4.78, 5) is 10.4. The van der Waals surface area contributed by atoms with Gasteiger partial charge in [0.2, 0.25) is 5.89 Å². The maximum absolute atomic E-state index is 7.08. The van der Waals surface area contributed by atoms with Crippen molar-refractivity contribution in [1.29, 1.82) is 0 Å². The van der Waals surface area contributed by atoms with E-state index in [-0.39, 0.29) is 0 Å². The molecule has 0 spiro atoms. The first-order valence-corrected chi connectivity index (χ1v) is 9.05. The summed E-state index contributed by atoms with van der Waals surface area (Å²) in [6.07, 6.45) is 3.96. The SMILES string of the molecule is [C-]#[N+]c1ccc2oc(-c3ccc(OCCN4CCCCC4)cc3)nc2c1. The van der Waals surface area contributed by atoms with Gasteiger partial charge in [0.15, 0.2) is 11.3 Å². The standard InChI is InChI=1S/C21H21N3O2/c1-22-17-7-10-20-19(15-17)23-21(26-20)16-5-8-18(9-6-16)25-14-13-24-11-3-2-4-12-24/h5-10,15H,2-4,11-14H2. The summed E-state index contributed by atoms with van der Waals surface area (Å²) in [5, 5.41) is 0. The molecule has 1 fully saturated rings. The number of nitrogens with zero attached hydrogens (tertiary/aromatic N) is 3. The fourth-order valence-corrected chi connectivity index (χ4v) is 3.28. The van der Waals surface area contributed by atoms with Crippen molar-refractivity contribution in [3.63, 3.8) is 0 Å². The molecule has 1 aliphatic heterocycles. The quantitative estimate of drug-likeness (QED) is 0.615. The van der Waals surface area contributed by atoms with Gasteiger partial charge in [-0.1, -0.05) is 12.5 Å². The second kappa shape index (κ2) is 7.59. The highest BCUT2D eigenvalue weighted by atomic mass is 16.5. The Morgan fingerprint density at radius 3 is 2.65 bits per heavy atom. The average molecular weight is 347 g/mol. The Balaban J connectivity index is 1.40. The van der Waals surface area contributed by atoms with Crippen molar-refractivity contribution >= 4 is 16.8 Å². The lowest BCUT2D eigenvalue weighted by Gasteiger charge is -2.26. The zero-order valence-corrected chi connectivity index (χ0v) is 14.6. The van der Waals surface area contributed by atoms with Crippen LogP contribution in [0.4, 0.5) is 5.69 Å².